The molecule has 178 valence electrons. The fourth-order valence-electron chi connectivity index (χ4n) is 4.53. The van der Waals surface area contributed by atoms with Crippen LogP contribution < -0.4 is 20.1 Å². The number of carbonyl (C=O) groups excluding carboxylic acids is 2. The van der Waals surface area contributed by atoms with Crippen molar-refractivity contribution < 1.29 is 23.5 Å². The summed E-state index contributed by atoms with van der Waals surface area (Å²) in [6.45, 7) is 0. The number of hydrogen-bond acceptors (Lipinski definition) is 5. The number of carbonyl (C=O) groups is 2. The maximum absolute atomic E-state index is 13.0. The van der Waals surface area contributed by atoms with E-state index in [1.807, 2.05) is 6.07 Å². The molecule has 0 atom stereocenters. The molecule has 1 aromatic heterocycles. The monoisotopic (exact) mass is 470 g/mol. The van der Waals surface area contributed by atoms with Gasteiger partial charge in [-0.2, -0.15) is 0 Å². The van der Waals surface area contributed by atoms with Crippen LogP contribution in [0.2, 0.25) is 0 Å². The number of rotatable bonds is 7. The van der Waals surface area contributed by atoms with Crippen molar-refractivity contribution in [3.05, 3.63) is 83.1 Å². The number of anilines is 2. The summed E-state index contributed by atoms with van der Waals surface area (Å²) in [6.07, 6.45) is 5.10. The highest BCUT2D eigenvalue weighted by Gasteiger charge is 2.19. The number of methoxy groups -OCH3 is 2. The summed E-state index contributed by atoms with van der Waals surface area (Å²) in [5, 5.41) is 6.72. The van der Waals surface area contributed by atoms with Crippen molar-refractivity contribution in [1.29, 1.82) is 0 Å². The van der Waals surface area contributed by atoms with Gasteiger partial charge in [-0.05, 0) is 54.7 Å². The first kappa shape index (κ1) is 22.5. The molecule has 2 N–H and O–H groups in total. The molecule has 0 bridgehead atoms. The first-order valence-corrected chi connectivity index (χ1v) is 11.5. The van der Waals surface area contributed by atoms with Crippen LogP contribution in [0.5, 0.6) is 11.5 Å². The van der Waals surface area contributed by atoms with E-state index in [9.17, 15) is 9.59 Å². The largest absolute Gasteiger partial charge is 0.494 e. The van der Waals surface area contributed by atoms with E-state index in [2.05, 4.69) is 22.8 Å². The molecule has 0 aliphatic heterocycles. The molecule has 1 heterocycles. The van der Waals surface area contributed by atoms with Crippen LogP contribution in [-0.2, 0) is 24.1 Å². The van der Waals surface area contributed by atoms with Crippen molar-refractivity contribution >= 4 is 34.2 Å². The fraction of sp³-hybridized carbons (Fsp3) is 0.214. The third-order valence-corrected chi connectivity index (χ3v) is 6.30. The van der Waals surface area contributed by atoms with Crippen molar-refractivity contribution in [3.63, 3.8) is 0 Å². The van der Waals surface area contributed by atoms with E-state index >= 15 is 0 Å². The number of benzene rings is 3. The second-order valence-electron chi connectivity index (χ2n) is 8.53. The highest BCUT2D eigenvalue weighted by molar-refractivity contribution is 6.05. The van der Waals surface area contributed by atoms with E-state index in [0.29, 0.717) is 28.4 Å². The summed E-state index contributed by atoms with van der Waals surface area (Å²) >= 11 is 0. The second-order valence-corrected chi connectivity index (χ2v) is 8.53. The quantitative estimate of drug-likeness (QED) is 0.379. The maximum Gasteiger partial charge on any atom is 0.255 e. The maximum atomic E-state index is 13.0. The summed E-state index contributed by atoms with van der Waals surface area (Å²) in [6, 6.07) is 16.4. The molecule has 35 heavy (non-hydrogen) atoms. The smallest absolute Gasteiger partial charge is 0.255 e. The van der Waals surface area contributed by atoms with Gasteiger partial charge in [0.05, 0.1) is 38.3 Å². The molecule has 5 rings (SSSR count). The van der Waals surface area contributed by atoms with Gasteiger partial charge < -0.3 is 24.5 Å². The van der Waals surface area contributed by atoms with Crippen LogP contribution in [0, 0.1) is 0 Å². The lowest BCUT2D eigenvalue weighted by Crippen LogP contribution is -2.16. The summed E-state index contributed by atoms with van der Waals surface area (Å²) in [7, 11) is 3.01. The number of aryl methyl sites for hydroxylation is 2. The van der Waals surface area contributed by atoms with E-state index in [1.54, 1.807) is 42.7 Å². The molecule has 2 amide bonds. The Morgan fingerprint density at radius 3 is 2.23 bits per heavy atom. The van der Waals surface area contributed by atoms with Crippen LogP contribution in [0.1, 0.15) is 33.5 Å². The third-order valence-electron chi connectivity index (χ3n) is 6.30. The van der Waals surface area contributed by atoms with Crippen LogP contribution in [0.4, 0.5) is 11.4 Å². The minimum atomic E-state index is -0.277. The predicted molar refractivity (Wildman–Crippen MR) is 135 cm³/mol. The molecule has 0 spiro atoms. The second kappa shape index (κ2) is 9.54. The summed E-state index contributed by atoms with van der Waals surface area (Å²) in [4.78, 5) is 25.6. The van der Waals surface area contributed by atoms with Crippen LogP contribution in [0.15, 0.2) is 65.3 Å². The van der Waals surface area contributed by atoms with Gasteiger partial charge in [0.15, 0.2) is 0 Å². The Kier molecular flexibility index (Phi) is 6.14. The minimum absolute atomic E-state index is 0.156. The average Bonchev–Trinajstić information content (AvgIpc) is 3.50. The number of furan rings is 1. The number of hydrogen-bond donors (Lipinski definition) is 2. The Hall–Kier alpha value is -4.26. The third kappa shape index (κ3) is 4.57. The molecular weight excluding hydrogens is 444 g/mol. The lowest BCUT2D eigenvalue weighted by atomic mass is 10.0. The van der Waals surface area contributed by atoms with Gasteiger partial charge in [-0.15, -0.1) is 0 Å². The first-order valence-electron chi connectivity index (χ1n) is 11.5. The van der Waals surface area contributed by atoms with Gasteiger partial charge in [0, 0.05) is 28.6 Å². The highest BCUT2D eigenvalue weighted by Crippen LogP contribution is 2.37. The topological polar surface area (TPSA) is 89.8 Å². The molecule has 0 saturated heterocycles. The zero-order valence-electron chi connectivity index (χ0n) is 19.6. The lowest BCUT2D eigenvalue weighted by molar-refractivity contribution is -0.115. The van der Waals surface area contributed by atoms with Crippen LogP contribution in [0.3, 0.4) is 0 Å². The van der Waals surface area contributed by atoms with Crippen molar-refractivity contribution in [2.75, 3.05) is 24.9 Å². The van der Waals surface area contributed by atoms with Crippen LogP contribution in [0.25, 0.3) is 11.0 Å². The van der Waals surface area contributed by atoms with Crippen LogP contribution >= 0.6 is 0 Å². The molecule has 1 aliphatic rings. The average molecular weight is 471 g/mol. The van der Waals surface area contributed by atoms with Gasteiger partial charge in [0.25, 0.3) is 5.91 Å². The normalized spacial score (nSPS) is 12.3. The zero-order valence-corrected chi connectivity index (χ0v) is 19.6. The highest BCUT2D eigenvalue weighted by atomic mass is 16.5. The molecule has 7 nitrogen and oxygen atoms in total. The number of ether oxygens (including phenoxy) is 2. The number of nitrogens with one attached hydrogen (secondary N) is 2. The molecule has 0 unspecified atom stereocenters. The summed E-state index contributed by atoms with van der Waals surface area (Å²) in [5.74, 6) is 0.308. The van der Waals surface area contributed by atoms with Crippen molar-refractivity contribution in [3.8, 4) is 11.5 Å². The molecule has 3 aromatic carbocycles. The van der Waals surface area contributed by atoms with E-state index in [0.717, 1.165) is 35.8 Å². The van der Waals surface area contributed by atoms with Gasteiger partial charge in [-0.25, -0.2) is 0 Å². The molecule has 0 saturated carbocycles. The standard InChI is InChI=1S/C28H26N2O5/c1-33-25-15-23(30-28(32)17-7-4-3-5-8-17)26(34-2)14-22(25)29-27(31)13-20-16-35-24-12-19-10-6-9-18(19)11-21(20)24/h3-5,7-8,11-12,14-16H,6,9-10,13H2,1-2H3,(H,29,31)(H,30,32). The predicted octanol–water partition coefficient (Wildman–Crippen LogP) is 5.37. The Labute approximate surface area is 203 Å². The molecule has 0 radical (unpaired) electrons. The van der Waals surface area contributed by atoms with Crippen molar-refractivity contribution in [2.45, 2.75) is 25.7 Å². The van der Waals surface area contributed by atoms with Crippen molar-refractivity contribution in [1.82, 2.24) is 0 Å². The first-order chi connectivity index (χ1) is 17.1. The Morgan fingerprint density at radius 2 is 1.54 bits per heavy atom. The van der Waals surface area contributed by atoms with Gasteiger partial charge >= 0.3 is 0 Å². The van der Waals surface area contributed by atoms with E-state index in [4.69, 9.17) is 13.9 Å². The Bertz CT molecular complexity index is 1410. The summed E-state index contributed by atoms with van der Waals surface area (Å²) < 4.78 is 16.7. The SMILES string of the molecule is COc1cc(NC(=O)c2ccccc2)c(OC)cc1NC(=O)Cc1coc2cc3c(cc12)CCC3. The fourth-order valence-corrected chi connectivity index (χ4v) is 4.53. The van der Waals surface area contributed by atoms with Crippen molar-refractivity contribution in [2.24, 2.45) is 0 Å². The van der Waals surface area contributed by atoms with Gasteiger partial charge in [0.1, 0.15) is 17.1 Å². The molecular formula is C28H26N2O5. The number of amides is 2. The Morgan fingerprint density at radius 1 is 0.886 bits per heavy atom. The van der Waals surface area contributed by atoms with E-state index < -0.39 is 0 Å². The molecule has 1 aliphatic carbocycles. The number of fused-ring (bicyclic) bond motifs is 2. The molecule has 4 aromatic rings. The molecule has 7 heteroatoms. The molecule has 0 fully saturated rings. The lowest BCUT2D eigenvalue weighted by Gasteiger charge is -2.16. The Balaban J connectivity index is 1.35. The summed E-state index contributed by atoms with van der Waals surface area (Å²) in [5.41, 5.74) is 5.71. The van der Waals surface area contributed by atoms with Gasteiger partial charge in [0.2, 0.25) is 5.91 Å². The van der Waals surface area contributed by atoms with Crippen LogP contribution in [-0.4, -0.2) is 26.0 Å². The van der Waals surface area contributed by atoms with Gasteiger partial charge in [-0.1, -0.05) is 18.2 Å². The van der Waals surface area contributed by atoms with E-state index in [1.165, 1.54) is 25.3 Å². The zero-order chi connectivity index (χ0) is 24.4. The minimum Gasteiger partial charge on any atom is -0.494 e. The van der Waals surface area contributed by atoms with E-state index in [-0.39, 0.29) is 18.2 Å². The van der Waals surface area contributed by atoms with Gasteiger partial charge in [-0.3, -0.25) is 9.59 Å².